The molecule has 9 heteroatoms. The van der Waals surface area contributed by atoms with Crippen LogP contribution in [0.4, 0.5) is 0 Å². The molecule has 1 saturated heterocycles. The zero-order chi connectivity index (χ0) is 17.8. The third-order valence-corrected chi connectivity index (χ3v) is 6.76. The van der Waals surface area contributed by atoms with Crippen molar-refractivity contribution in [1.29, 1.82) is 0 Å². The monoisotopic (exact) mass is 372 g/mol. The van der Waals surface area contributed by atoms with Crippen LogP contribution in [0.3, 0.4) is 0 Å². The number of carboxylic acids is 1. The van der Waals surface area contributed by atoms with E-state index in [0.717, 1.165) is 4.31 Å². The van der Waals surface area contributed by atoms with Crippen LogP contribution in [0.25, 0.3) is 0 Å². The van der Waals surface area contributed by atoms with Crippen molar-refractivity contribution in [2.45, 2.75) is 23.3 Å². The van der Waals surface area contributed by atoms with E-state index in [1.807, 2.05) is 0 Å². The minimum absolute atomic E-state index is 0.0855. The summed E-state index contributed by atoms with van der Waals surface area (Å²) in [5.74, 6) is -0.411. The Morgan fingerprint density at radius 3 is 2.38 bits per heavy atom. The zero-order valence-electron chi connectivity index (χ0n) is 13.3. The fourth-order valence-corrected chi connectivity index (χ4v) is 4.82. The smallest absolute Gasteiger partial charge is 0.329 e. The maximum absolute atomic E-state index is 12.4. The quantitative estimate of drug-likeness (QED) is 0.765. The number of rotatable bonds is 6. The number of carbonyl (C=O) groups is 2. The van der Waals surface area contributed by atoms with Gasteiger partial charge in [0.2, 0.25) is 15.9 Å². The van der Waals surface area contributed by atoms with Crippen molar-refractivity contribution in [1.82, 2.24) is 9.62 Å². The highest BCUT2D eigenvalue weighted by Gasteiger charge is 2.41. The lowest BCUT2D eigenvalue weighted by atomic mass is 9.92. The van der Waals surface area contributed by atoms with E-state index in [-0.39, 0.29) is 4.90 Å². The lowest BCUT2D eigenvalue weighted by Crippen LogP contribution is -2.58. The fraction of sp³-hybridized carbons (Fsp3) is 0.467. The molecule has 0 aliphatic carbocycles. The molecule has 0 saturated carbocycles. The van der Waals surface area contributed by atoms with E-state index in [1.54, 1.807) is 30.0 Å². The van der Waals surface area contributed by atoms with Crippen molar-refractivity contribution in [3.8, 4) is 0 Å². The number of benzene rings is 1. The van der Waals surface area contributed by atoms with E-state index in [1.165, 1.54) is 19.2 Å². The molecule has 0 radical (unpaired) electrons. The molecule has 24 heavy (non-hydrogen) atoms. The van der Waals surface area contributed by atoms with Gasteiger partial charge in [0.15, 0.2) is 0 Å². The molecule has 0 atom stereocenters. The average Bonchev–Trinajstić information content (AvgIpc) is 2.56. The van der Waals surface area contributed by atoms with Gasteiger partial charge in [-0.15, -0.1) is 0 Å². The molecule has 132 valence electrons. The molecule has 1 aliphatic rings. The van der Waals surface area contributed by atoms with Gasteiger partial charge in [-0.1, -0.05) is 18.2 Å². The van der Waals surface area contributed by atoms with E-state index >= 15 is 0 Å². The molecule has 0 unspecified atom stereocenters. The third-order valence-electron chi connectivity index (χ3n) is 3.95. The standard InChI is InChI=1S/C15H20N2O5S2/c1-17(24(21,22)12-5-3-2-4-6-12)11-13(18)16-15(14(19)20)7-9-23-10-8-15/h2-6H,7-11H2,1H3,(H,16,18)(H,19,20). The van der Waals surface area contributed by atoms with Crippen molar-refractivity contribution in [3.63, 3.8) is 0 Å². The van der Waals surface area contributed by atoms with Gasteiger partial charge in [-0.2, -0.15) is 16.1 Å². The molecule has 0 bridgehead atoms. The SMILES string of the molecule is CN(CC(=O)NC1(C(=O)O)CCSCC1)S(=O)(=O)c1ccccc1. The van der Waals surface area contributed by atoms with Gasteiger partial charge >= 0.3 is 5.97 Å². The van der Waals surface area contributed by atoms with E-state index in [0.29, 0.717) is 24.3 Å². The molecule has 2 rings (SSSR count). The van der Waals surface area contributed by atoms with Crippen molar-refractivity contribution in [2.75, 3.05) is 25.1 Å². The second-order valence-corrected chi connectivity index (χ2v) is 8.89. The predicted octanol–water partition coefficient (Wildman–Crippen LogP) is 0.774. The molecule has 7 nitrogen and oxygen atoms in total. The first-order chi connectivity index (χ1) is 11.3. The van der Waals surface area contributed by atoms with E-state index < -0.39 is 34.0 Å². The zero-order valence-corrected chi connectivity index (χ0v) is 14.9. The number of amides is 1. The Balaban J connectivity index is 2.07. The second-order valence-electron chi connectivity index (χ2n) is 5.62. The van der Waals surface area contributed by atoms with Crippen LogP contribution in [0.15, 0.2) is 35.2 Å². The van der Waals surface area contributed by atoms with Gasteiger partial charge < -0.3 is 10.4 Å². The van der Waals surface area contributed by atoms with Crippen molar-refractivity contribution >= 4 is 33.7 Å². The summed E-state index contributed by atoms with van der Waals surface area (Å²) in [6, 6.07) is 7.78. The topological polar surface area (TPSA) is 104 Å². The number of aliphatic carboxylic acids is 1. The maximum Gasteiger partial charge on any atom is 0.329 e. The number of carbonyl (C=O) groups excluding carboxylic acids is 1. The normalized spacial score (nSPS) is 17.4. The summed E-state index contributed by atoms with van der Waals surface area (Å²) in [5, 5.41) is 12.0. The Bertz CT molecular complexity index is 700. The Hall–Kier alpha value is -1.58. The van der Waals surface area contributed by atoms with Gasteiger partial charge in [-0.3, -0.25) is 4.79 Å². The molecule has 2 N–H and O–H groups in total. The summed E-state index contributed by atoms with van der Waals surface area (Å²) >= 11 is 1.64. The first kappa shape index (κ1) is 18.8. The first-order valence-electron chi connectivity index (χ1n) is 7.41. The molecule has 1 heterocycles. The van der Waals surface area contributed by atoms with Gasteiger partial charge in [-0.05, 0) is 36.5 Å². The van der Waals surface area contributed by atoms with Gasteiger partial charge in [0.1, 0.15) is 5.54 Å². The molecule has 1 aromatic rings. The molecule has 0 spiro atoms. The summed E-state index contributed by atoms with van der Waals surface area (Å²) in [5.41, 5.74) is -1.31. The average molecular weight is 372 g/mol. The molecule has 1 amide bonds. The highest BCUT2D eigenvalue weighted by Crippen LogP contribution is 2.27. The van der Waals surface area contributed by atoms with Gasteiger partial charge in [0.05, 0.1) is 11.4 Å². The molecule has 1 aromatic carbocycles. The van der Waals surface area contributed by atoms with Crippen LogP contribution in [0.5, 0.6) is 0 Å². The highest BCUT2D eigenvalue weighted by atomic mass is 32.2. The predicted molar refractivity (Wildman–Crippen MR) is 91.3 cm³/mol. The molecular weight excluding hydrogens is 352 g/mol. The Labute approximate surface area is 145 Å². The lowest BCUT2D eigenvalue weighted by molar-refractivity contribution is -0.148. The van der Waals surface area contributed by atoms with Crippen molar-refractivity contribution in [2.24, 2.45) is 0 Å². The largest absolute Gasteiger partial charge is 0.480 e. The van der Waals surface area contributed by atoms with Crippen LogP contribution in [0, 0.1) is 0 Å². The summed E-state index contributed by atoms with van der Waals surface area (Å²) < 4.78 is 25.7. The van der Waals surface area contributed by atoms with E-state index in [9.17, 15) is 23.1 Å². The first-order valence-corrected chi connectivity index (χ1v) is 10.0. The number of nitrogens with one attached hydrogen (secondary N) is 1. The molecule has 1 aliphatic heterocycles. The maximum atomic E-state index is 12.4. The summed E-state index contributed by atoms with van der Waals surface area (Å²) in [4.78, 5) is 23.9. The van der Waals surface area contributed by atoms with E-state index in [2.05, 4.69) is 5.32 Å². The lowest BCUT2D eigenvalue weighted by Gasteiger charge is -2.34. The number of hydrogen-bond acceptors (Lipinski definition) is 5. The Kier molecular flexibility index (Phi) is 5.89. The number of hydrogen-bond donors (Lipinski definition) is 2. The van der Waals surface area contributed by atoms with Gasteiger partial charge in [0, 0.05) is 7.05 Å². The van der Waals surface area contributed by atoms with Crippen LogP contribution in [0.2, 0.25) is 0 Å². The third kappa shape index (κ3) is 4.08. The van der Waals surface area contributed by atoms with Crippen molar-refractivity contribution < 1.29 is 23.1 Å². The van der Waals surface area contributed by atoms with Crippen LogP contribution in [0.1, 0.15) is 12.8 Å². The van der Waals surface area contributed by atoms with Gasteiger partial charge in [0.25, 0.3) is 0 Å². The summed E-state index contributed by atoms with van der Waals surface area (Å²) in [6.07, 6.45) is 0.655. The van der Waals surface area contributed by atoms with Crippen LogP contribution in [-0.2, 0) is 19.6 Å². The molecule has 1 fully saturated rings. The number of likely N-dealkylation sites (N-methyl/N-ethyl adjacent to an activating group) is 1. The molecule has 0 aromatic heterocycles. The number of nitrogens with zero attached hydrogens (tertiary/aromatic N) is 1. The van der Waals surface area contributed by atoms with Crippen LogP contribution in [-0.4, -0.2) is 60.3 Å². The van der Waals surface area contributed by atoms with Crippen LogP contribution >= 0.6 is 11.8 Å². The summed E-state index contributed by atoms with van der Waals surface area (Å²) in [6.45, 7) is -0.431. The van der Waals surface area contributed by atoms with Gasteiger partial charge in [-0.25, -0.2) is 13.2 Å². The Morgan fingerprint density at radius 2 is 1.83 bits per heavy atom. The van der Waals surface area contributed by atoms with Crippen molar-refractivity contribution in [3.05, 3.63) is 30.3 Å². The second kappa shape index (κ2) is 7.54. The number of thioether (sulfide) groups is 1. The molecular formula is C15H20N2O5S2. The Morgan fingerprint density at radius 1 is 1.25 bits per heavy atom. The minimum Gasteiger partial charge on any atom is -0.480 e. The fourth-order valence-electron chi connectivity index (χ4n) is 2.48. The summed E-state index contributed by atoms with van der Waals surface area (Å²) in [7, 11) is -2.50. The number of sulfonamides is 1. The highest BCUT2D eigenvalue weighted by molar-refractivity contribution is 7.99. The van der Waals surface area contributed by atoms with E-state index in [4.69, 9.17) is 0 Å². The van der Waals surface area contributed by atoms with Crippen LogP contribution < -0.4 is 5.32 Å². The minimum atomic E-state index is -3.79. The number of carboxylic acid groups (broad SMARTS) is 1.